The minimum atomic E-state index is -4.41. The SMILES string of the molecule is Cc1cc2cnn(COCC[Si](C)(C)C)c2c(Br)c1C(F)(F)F. The fourth-order valence-corrected chi connectivity index (χ4v) is 4.05. The molecule has 0 radical (unpaired) electrons. The van der Waals surface area contributed by atoms with E-state index in [-0.39, 0.29) is 16.8 Å². The summed E-state index contributed by atoms with van der Waals surface area (Å²) in [6, 6.07) is 2.51. The molecular formula is C15H20BrF3N2OSi. The van der Waals surface area contributed by atoms with Crippen molar-refractivity contribution < 1.29 is 17.9 Å². The first-order chi connectivity index (χ1) is 10.5. The van der Waals surface area contributed by atoms with Crippen molar-refractivity contribution in [2.75, 3.05) is 6.61 Å². The number of hydrogen-bond acceptors (Lipinski definition) is 2. The molecule has 0 aliphatic rings. The van der Waals surface area contributed by atoms with E-state index in [4.69, 9.17) is 4.74 Å². The lowest BCUT2D eigenvalue weighted by atomic mass is 10.1. The average Bonchev–Trinajstić information content (AvgIpc) is 2.75. The second-order valence-electron chi connectivity index (χ2n) is 6.81. The van der Waals surface area contributed by atoms with Gasteiger partial charge in [-0.15, -0.1) is 0 Å². The Bertz CT molecular complexity index is 707. The van der Waals surface area contributed by atoms with Crippen molar-refractivity contribution in [3.63, 3.8) is 0 Å². The summed E-state index contributed by atoms with van der Waals surface area (Å²) in [5.74, 6) is 0. The van der Waals surface area contributed by atoms with E-state index >= 15 is 0 Å². The van der Waals surface area contributed by atoms with Crippen LogP contribution >= 0.6 is 15.9 Å². The molecule has 1 aromatic carbocycles. The van der Waals surface area contributed by atoms with Gasteiger partial charge in [0.25, 0.3) is 0 Å². The normalized spacial score (nSPS) is 13.0. The first kappa shape index (κ1) is 18.5. The van der Waals surface area contributed by atoms with E-state index in [1.54, 1.807) is 6.20 Å². The first-order valence-corrected chi connectivity index (χ1v) is 11.8. The summed E-state index contributed by atoms with van der Waals surface area (Å²) in [6.45, 7) is 8.92. The summed E-state index contributed by atoms with van der Waals surface area (Å²) < 4.78 is 46.8. The number of alkyl halides is 3. The molecule has 0 aliphatic carbocycles. The second kappa shape index (κ2) is 6.56. The number of halogens is 4. The van der Waals surface area contributed by atoms with Crippen LogP contribution in [0.15, 0.2) is 16.7 Å². The van der Waals surface area contributed by atoms with E-state index in [0.717, 1.165) is 6.04 Å². The molecule has 1 heterocycles. The van der Waals surface area contributed by atoms with Crippen LogP contribution in [0.5, 0.6) is 0 Å². The summed E-state index contributed by atoms with van der Waals surface area (Å²) in [7, 11) is -1.20. The van der Waals surface area contributed by atoms with Gasteiger partial charge in [0.15, 0.2) is 0 Å². The van der Waals surface area contributed by atoms with Gasteiger partial charge in [-0.25, -0.2) is 4.68 Å². The molecule has 23 heavy (non-hydrogen) atoms. The van der Waals surface area contributed by atoms with Crippen LogP contribution in [0.3, 0.4) is 0 Å². The van der Waals surface area contributed by atoms with Crippen LogP contribution in [0.25, 0.3) is 10.9 Å². The standard InChI is InChI=1S/C15H20BrF3N2OSi/c1-10-7-11-8-20-21(9-22-5-6-23(2,3)4)14(11)13(16)12(10)15(17,18)19/h7-8H,5-6,9H2,1-4H3. The zero-order chi connectivity index (χ0) is 17.4. The molecule has 0 spiro atoms. The summed E-state index contributed by atoms with van der Waals surface area (Å²) >= 11 is 3.11. The van der Waals surface area contributed by atoms with Gasteiger partial charge in [-0.3, -0.25) is 0 Å². The zero-order valence-electron chi connectivity index (χ0n) is 13.6. The van der Waals surface area contributed by atoms with E-state index in [0.29, 0.717) is 17.5 Å². The van der Waals surface area contributed by atoms with Crippen molar-refractivity contribution in [1.29, 1.82) is 0 Å². The highest BCUT2D eigenvalue weighted by Crippen LogP contribution is 2.41. The molecule has 0 unspecified atom stereocenters. The fourth-order valence-electron chi connectivity index (χ4n) is 2.32. The number of fused-ring (bicyclic) bond motifs is 1. The van der Waals surface area contributed by atoms with Crippen LogP contribution in [0.4, 0.5) is 13.2 Å². The maximum Gasteiger partial charge on any atom is 0.417 e. The highest BCUT2D eigenvalue weighted by Gasteiger charge is 2.36. The third kappa shape index (κ3) is 4.36. The smallest absolute Gasteiger partial charge is 0.360 e. The molecule has 128 valence electrons. The Balaban J connectivity index is 2.29. The first-order valence-electron chi connectivity index (χ1n) is 7.30. The molecule has 0 amide bonds. The molecule has 0 aliphatic heterocycles. The maximum absolute atomic E-state index is 13.2. The van der Waals surface area contributed by atoms with Gasteiger partial charge in [0.05, 0.1) is 21.7 Å². The lowest BCUT2D eigenvalue weighted by Gasteiger charge is -2.16. The Morgan fingerprint density at radius 1 is 1.30 bits per heavy atom. The van der Waals surface area contributed by atoms with Crippen LogP contribution in [0, 0.1) is 6.92 Å². The molecule has 2 rings (SSSR count). The molecule has 0 bridgehead atoms. The molecular weight excluding hydrogens is 389 g/mol. The topological polar surface area (TPSA) is 27.1 Å². The number of nitrogens with zero attached hydrogens (tertiary/aromatic N) is 2. The van der Waals surface area contributed by atoms with Crippen molar-refractivity contribution in [3.05, 3.63) is 27.9 Å². The highest BCUT2D eigenvalue weighted by molar-refractivity contribution is 9.10. The lowest BCUT2D eigenvalue weighted by molar-refractivity contribution is -0.138. The Kier molecular flexibility index (Phi) is 5.27. The Labute approximate surface area is 142 Å². The van der Waals surface area contributed by atoms with Crippen LogP contribution in [0.2, 0.25) is 25.7 Å². The fraction of sp³-hybridized carbons (Fsp3) is 0.533. The van der Waals surface area contributed by atoms with Gasteiger partial charge < -0.3 is 4.74 Å². The summed E-state index contributed by atoms with van der Waals surface area (Å²) in [5.41, 5.74) is -0.0687. The maximum atomic E-state index is 13.2. The zero-order valence-corrected chi connectivity index (χ0v) is 16.2. The Morgan fingerprint density at radius 2 is 1.96 bits per heavy atom. The van der Waals surface area contributed by atoms with Crippen molar-refractivity contribution in [3.8, 4) is 0 Å². The van der Waals surface area contributed by atoms with Gasteiger partial charge >= 0.3 is 6.18 Å². The van der Waals surface area contributed by atoms with Gasteiger partial charge in [0.2, 0.25) is 0 Å². The molecule has 8 heteroatoms. The molecule has 1 aromatic heterocycles. The molecule has 0 atom stereocenters. The molecule has 0 saturated heterocycles. The van der Waals surface area contributed by atoms with E-state index in [9.17, 15) is 13.2 Å². The van der Waals surface area contributed by atoms with E-state index < -0.39 is 19.8 Å². The minimum Gasteiger partial charge on any atom is -0.360 e. The number of hydrogen-bond donors (Lipinski definition) is 0. The number of aryl methyl sites for hydroxylation is 1. The van der Waals surface area contributed by atoms with Crippen molar-refractivity contribution in [2.45, 2.75) is 45.5 Å². The van der Waals surface area contributed by atoms with Crippen molar-refractivity contribution in [1.82, 2.24) is 9.78 Å². The van der Waals surface area contributed by atoms with Gasteiger partial charge in [0, 0.05) is 20.1 Å². The molecule has 0 saturated carbocycles. The molecule has 3 nitrogen and oxygen atoms in total. The van der Waals surface area contributed by atoms with Gasteiger partial charge in [-0.05, 0) is 40.5 Å². The average molecular weight is 409 g/mol. The number of rotatable bonds is 5. The van der Waals surface area contributed by atoms with Crippen LogP contribution < -0.4 is 0 Å². The van der Waals surface area contributed by atoms with Gasteiger partial charge in [0.1, 0.15) is 6.73 Å². The van der Waals surface area contributed by atoms with E-state index in [2.05, 4.69) is 40.7 Å². The van der Waals surface area contributed by atoms with Gasteiger partial charge in [-0.1, -0.05) is 19.6 Å². The monoisotopic (exact) mass is 408 g/mol. The van der Waals surface area contributed by atoms with Crippen LogP contribution in [-0.2, 0) is 17.6 Å². The third-order valence-corrected chi connectivity index (χ3v) is 6.03. The quantitative estimate of drug-likeness (QED) is 0.486. The van der Waals surface area contributed by atoms with Gasteiger partial charge in [-0.2, -0.15) is 18.3 Å². The summed E-state index contributed by atoms with van der Waals surface area (Å²) in [6.07, 6.45) is -2.85. The van der Waals surface area contributed by atoms with Crippen molar-refractivity contribution in [2.24, 2.45) is 0 Å². The predicted molar refractivity (Wildman–Crippen MR) is 91.3 cm³/mol. The summed E-state index contributed by atoms with van der Waals surface area (Å²) in [5, 5.41) is 4.82. The Morgan fingerprint density at radius 3 is 2.52 bits per heavy atom. The predicted octanol–water partition coefficient (Wildman–Crippen LogP) is 5.44. The van der Waals surface area contributed by atoms with E-state index in [1.807, 2.05) is 0 Å². The minimum absolute atomic E-state index is 0.0197. The number of benzene rings is 1. The largest absolute Gasteiger partial charge is 0.417 e. The number of aromatic nitrogens is 2. The second-order valence-corrected chi connectivity index (χ2v) is 13.2. The molecule has 2 aromatic rings. The molecule has 0 N–H and O–H groups in total. The van der Waals surface area contributed by atoms with Crippen LogP contribution in [0.1, 0.15) is 11.1 Å². The molecule has 0 fully saturated rings. The highest BCUT2D eigenvalue weighted by atomic mass is 79.9. The lowest BCUT2D eigenvalue weighted by Crippen LogP contribution is -2.22. The third-order valence-electron chi connectivity index (χ3n) is 3.55. The summed E-state index contributed by atoms with van der Waals surface area (Å²) in [4.78, 5) is 0. The Hall–Kier alpha value is -0.863. The number of ether oxygens (including phenoxy) is 1. The van der Waals surface area contributed by atoms with Crippen LogP contribution in [-0.4, -0.2) is 24.5 Å². The van der Waals surface area contributed by atoms with E-state index in [1.165, 1.54) is 17.7 Å². The van der Waals surface area contributed by atoms with Crippen molar-refractivity contribution >= 4 is 34.9 Å².